The second kappa shape index (κ2) is 8.97. The normalized spacial score (nSPS) is 16.4. The number of morpholine rings is 1. The summed E-state index contributed by atoms with van der Waals surface area (Å²) in [5, 5.41) is 3.07. The lowest BCUT2D eigenvalue weighted by atomic mass is 9.93. The molecule has 6 nitrogen and oxygen atoms in total. The molecule has 0 spiro atoms. The molecule has 0 radical (unpaired) electrons. The Kier molecular flexibility index (Phi) is 7.20. The van der Waals surface area contributed by atoms with Crippen molar-refractivity contribution in [2.45, 2.75) is 39.5 Å². The Hall–Kier alpha value is -1.44. The molecule has 1 heterocycles. The van der Waals surface area contributed by atoms with Crippen molar-refractivity contribution in [3.05, 3.63) is 35.4 Å². The maximum Gasteiger partial charge on any atom is 0.251 e. The van der Waals surface area contributed by atoms with Crippen molar-refractivity contribution in [3.63, 3.8) is 0 Å². The summed E-state index contributed by atoms with van der Waals surface area (Å²) in [7, 11) is -3.36. The van der Waals surface area contributed by atoms with E-state index in [0.717, 1.165) is 0 Å². The maximum absolute atomic E-state index is 12.5. The van der Waals surface area contributed by atoms with Crippen LogP contribution in [0.25, 0.3) is 0 Å². The molecule has 2 rings (SSSR count). The number of ether oxygens (including phenoxy) is 1. The first-order valence-corrected chi connectivity index (χ1v) is 10.8. The van der Waals surface area contributed by atoms with Crippen molar-refractivity contribution >= 4 is 15.9 Å². The lowest BCUT2D eigenvalue weighted by molar-refractivity contribution is 0.0729. The number of benzene rings is 1. The van der Waals surface area contributed by atoms with Crippen LogP contribution in [0.2, 0.25) is 0 Å². The highest BCUT2D eigenvalue weighted by Gasteiger charge is 2.25. The molecule has 7 heteroatoms. The van der Waals surface area contributed by atoms with Gasteiger partial charge in [0.2, 0.25) is 10.0 Å². The van der Waals surface area contributed by atoms with Gasteiger partial charge in [-0.05, 0) is 29.5 Å². The minimum Gasteiger partial charge on any atom is -0.379 e. The van der Waals surface area contributed by atoms with Gasteiger partial charge in [0.1, 0.15) is 0 Å². The number of hydrogen-bond acceptors (Lipinski definition) is 4. The molecule has 1 saturated heterocycles. The quantitative estimate of drug-likeness (QED) is 0.785. The largest absolute Gasteiger partial charge is 0.379 e. The van der Waals surface area contributed by atoms with E-state index in [1.54, 1.807) is 24.3 Å². The number of hydrogen-bond donors (Lipinski definition) is 1. The van der Waals surface area contributed by atoms with E-state index in [9.17, 15) is 13.2 Å². The number of sulfonamides is 1. The van der Waals surface area contributed by atoms with Gasteiger partial charge in [-0.1, -0.05) is 39.8 Å². The lowest BCUT2D eigenvalue weighted by Gasteiger charge is -2.26. The summed E-state index contributed by atoms with van der Waals surface area (Å²) in [5.74, 6) is 0.504. The van der Waals surface area contributed by atoms with Crippen molar-refractivity contribution in [1.29, 1.82) is 0 Å². The van der Waals surface area contributed by atoms with Crippen molar-refractivity contribution < 1.29 is 17.9 Å². The van der Waals surface area contributed by atoms with Crippen LogP contribution in [0.3, 0.4) is 0 Å². The zero-order valence-corrected chi connectivity index (χ0v) is 16.9. The first-order valence-electron chi connectivity index (χ1n) is 9.16. The summed E-state index contributed by atoms with van der Waals surface area (Å²) in [4.78, 5) is 12.5. The minimum absolute atomic E-state index is 0.0600. The zero-order valence-electron chi connectivity index (χ0n) is 16.1. The second-order valence-corrected chi connectivity index (χ2v) is 9.42. The van der Waals surface area contributed by atoms with E-state index in [1.807, 2.05) is 0 Å². The second-order valence-electron chi connectivity index (χ2n) is 7.45. The number of nitrogens with zero attached hydrogens (tertiary/aromatic N) is 1. The molecule has 1 fully saturated rings. The molecule has 1 aromatic rings. The van der Waals surface area contributed by atoms with E-state index in [-0.39, 0.29) is 17.7 Å². The molecular weight excluding hydrogens is 352 g/mol. The van der Waals surface area contributed by atoms with Crippen molar-refractivity contribution in [2.24, 2.45) is 11.8 Å². The highest BCUT2D eigenvalue weighted by Crippen LogP contribution is 2.16. The van der Waals surface area contributed by atoms with E-state index in [2.05, 4.69) is 33.0 Å². The fourth-order valence-electron chi connectivity index (χ4n) is 3.22. The van der Waals surface area contributed by atoms with Gasteiger partial charge < -0.3 is 10.1 Å². The topological polar surface area (TPSA) is 75.7 Å². The van der Waals surface area contributed by atoms with Gasteiger partial charge in [0, 0.05) is 24.7 Å². The number of amides is 1. The average molecular weight is 383 g/mol. The predicted molar refractivity (Wildman–Crippen MR) is 102 cm³/mol. The third-order valence-electron chi connectivity index (χ3n) is 4.66. The molecule has 1 amide bonds. The third-order valence-corrected chi connectivity index (χ3v) is 6.51. The van der Waals surface area contributed by atoms with Crippen molar-refractivity contribution in [1.82, 2.24) is 9.62 Å². The molecule has 146 valence electrons. The molecule has 1 aliphatic rings. The third kappa shape index (κ3) is 5.53. The molecule has 0 aromatic heterocycles. The van der Waals surface area contributed by atoms with E-state index in [4.69, 9.17) is 4.74 Å². The fourth-order valence-corrected chi connectivity index (χ4v) is 4.72. The maximum atomic E-state index is 12.5. The SMILES string of the molecule is CC(C)C(NC(=O)c1ccc(CS(=O)(=O)N2CCOCC2)cc1)C(C)C. The van der Waals surface area contributed by atoms with E-state index < -0.39 is 10.0 Å². The lowest BCUT2D eigenvalue weighted by Crippen LogP contribution is -2.42. The van der Waals surface area contributed by atoms with Gasteiger partial charge in [-0.25, -0.2) is 8.42 Å². The summed E-state index contributed by atoms with van der Waals surface area (Å²) in [6.45, 7) is 10.0. The van der Waals surface area contributed by atoms with Gasteiger partial charge in [-0.3, -0.25) is 4.79 Å². The van der Waals surface area contributed by atoms with E-state index >= 15 is 0 Å². The number of carbonyl (C=O) groups is 1. The number of carbonyl (C=O) groups excluding carboxylic acids is 1. The predicted octanol–water partition coefficient (Wildman–Crippen LogP) is 2.26. The molecule has 1 aromatic carbocycles. The first-order chi connectivity index (χ1) is 12.2. The van der Waals surface area contributed by atoms with Gasteiger partial charge >= 0.3 is 0 Å². The smallest absolute Gasteiger partial charge is 0.251 e. The summed E-state index contributed by atoms with van der Waals surface area (Å²) in [5.41, 5.74) is 1.22. The van der Waals surface area contributed by atoms with Gasteiger partial charge in [0.15, 0.2) is 0 Å². The van der Waals surface area contributed by atoms with E-state index in [1.165, 1.54) is 4.31 Å². The van der Waals surface area contributed by atoms with Gasteiger partial charge in [0.05, 0.1) is 19.0 Å². The van der Waals surface area contributed by atoms with Crippen LogP contribution in [0, 0.1) is 11.8 Å². The molecule has 1 N–H and O–H groups in total. The number of nitrogens with one attached hydrogen (secondary N) is 1. The molecule has 26 heavy (non-hydrogen) atoms. The van der Waals surface area contributed by atoms with Crippen LogP contribution >= 0.6 is 0 Å². The molecule has 1 aliphatic heterocycles. The molecule has 0 unspecified atom stereocenters. The molecule has 0 bridgehead atoms. The Bertz CT molecular complexity index is 685. The van der Waals surface area contributed by atoms with Crippen LogP contribution < -0.4 is 5.32 Å². The van der Waals surface area contributed by atoms with Crippen LogP contribution in [0.15, 0.2) is 24.3 Å². The van der Waals surface area contributed by atoms with Crippen LogP contribution in [0.4, 0.5) is 0 Å². The highest BCUT2D eigenvalue weighted by molar-refractivity contribution is 7.88. The summed E-state index contributed by atoms with van der Waals surface area (Å²) in [6.07, 6.45) is 0. The Morgan fingerprint density at radius 3 is 2.12 bits per heavy atom. The molecule has 0 atom stereocenters. The summed E-state index contributed by atoms with van der Waals surface area (Å²) >= 11 is 0. The van der Waals surface area contributed by atoms with Crippen LogP contribution in [0.5, 0.6) is 0 Å². The summed E-state index contributed by atoms with van der Waals surface area (Å²) in [6, 6.07) is 6.91. The average Bonchev–Trinajstić information content (AvgIpc) is 2.60. The highest BCUT2D eigenvalue weighted by atomic mass is 32.2. The molecular formula is C19H30N2O4S. The standard InChI is InChI=1S/C19H30N2O4S/c1-14(2)18(15(3)4)20-19(22)17-7-5-16(6-8-17)13-26(23,24)21-9-11-25-12-10-21/h5-8,14-15,18H,9-13H2,1-4H3,(H,20,22). The number of rotatable bonds is 7. The Labute approximate surface area is 157 Å². The zero-order chi connectivity index (χ0) is 19.3. The summed E-state index contributed by atoms with van der Waals surface area (Å²) < 4.78 is 31.6. The van der Waals surface area contributed by atoms with Crippen molar-refractivity contribution in [2.75, 3.05) is 26.3 Å². The van der Waals surface area contributed by atoms with Crippen molar-refractivity contribution in [3.8, 4) is 0 Å². The fraction of sp³-hybridized carbons (Fsp3) is 0.632. The van der Waals surface area contributed by atoms with Gasteiger partial charge in [-0.2, -0.15) is 4.31 Å². The molecule has 0 aliphatic carbocycles. The Morgan fingerprint density at radius 2 is 1.62 bits per heavy atom. The van der Waals surface area contributed by atoms with Crippen LogP contribution in [-0.4, -0.2) is 51.0 Å². The monoisotopic (exact) mass is 382 g/mol. The Balaban J connectivity index is 2.02. The Morgan fingerprint density at radius 1 is 1.08 bits per heavy atom. The molecule has 0 saturated carbocycles. The van der Waals surface area contributed by atoms with Crippen LogP contribution in [-0.2, 0) is 20.5 Å². The van der Waals surface area contributed by atoms with Gasteiger partial charge in [-0.15, -0.1) is 0 Å². The van der Waals surface area contributed by atoms with Gasteiger partial charge in [0.25, 0.3) is 5.91 Å². The minimum atomic E-state index is -3.36. The van der Waals surface area contributed by atoms with Crippen LogP contribution in [0.1, 0.15) is 43.6 Å². The van der Waals surface area contributed by atoms with E-state index in [0.29, 0.717) is 49.3 Å². The first kappa shape index (κ1) is 20.9.